The number of nitrogens with zero attached hydrogens (tertiary/aromatic N) is 2. The monoisotopic (exact) mass is 336 g/mol. The Balaban J connectivity index is 2.30. The highest BCUT2D eigenvalue weighted by atomic mass is 32.2. The van der Waals surface area contributed by atoms with Crippen LogP contribution in [0.1, 0.15) is 18.1 Å². The van der Waals surface area contributed by atoms with Crippen LogP contribution in [0.2, 0.25) is 0 Å². The van der Waals surface area contributed by atoms with Crippen molar-refractivity contribution in [2.24, 2.45) is 0 Å². The molecule has 0 spiro atoms. The van der Waals surface area contributed by atoms with E-state index in [-0.39, 0.29) is 5.56 Å². The van der Waals surface area contributed by atoms with Gasteiger partial charge in [0.15, 0.2) is 5.16 Å². The van der Waals surface area contributed by atoms with Gasteiger partial charge in [0, 0.05) is 5.75 Å². The first-order valence-electron chi connectivity index (χ1n) is 7.83. The van der Waals surface area contributed by atoms with Gasteiger partial charge in [0.05, 0.1) is 16.6 Å². The minimum Gasteiger partial charge on any atom is -0.268 e. The lowest BCUT2D eigenvalue weighted by Gasteiger charge is -2.14. The van der Waals surface area contributed by atoms with E-state index in [9.17, 15) is 4.79 Å². The molecular weight excluding hydrogens is 316 g/mol. The summed E-state index contributed by atoms with van der Waals surface area (Å²) in [6.45, 7) is 10.0. The molecule has 122 valence electrons. The molecule has 0 unspecified atom stereocenters. The van der Waals surface area contributed by atoms with Gasteiger partial charge in [0.1, 0.15) is 0 Å². The maximum Gasteiger partial charge on any atom is 0.266 e. The number of aromatic nitrogens is 2. The molecule has 3 rings (SSSR count). The quantitative estimate of drug-likeness (QED) is 0.394. The zero-order valence-corrected chi connectivity index (χ0v) is 15.0. The van der Waals surface area contributed by atoms with E-state index >= 15 is 0 Å². The maximum atomic E-state index is 13.1. The van der Waals surface area contributed by atoms with E-state index in [0.717, 1.165) is 33.7 Å². The highest BCUT2D eigenvalue weighted by Gasteiger charge is 2.13. The number of fused-ring (bicyclic) bond motifs is 1. The number of hydrogen-bond donors (Lipinski definition) is 0. The van der Waals surface area contributed by atoms with Crippen LogP contribution in [0.3, 0.4) is 0 Å². The predicted molar refractivity (Wildman–Crippen MR) is 102 cm³/mol. The molecule has 0 saturated heterocycles. The number of thioether (sulfide) groups is 1. The third kappa shape index (κ3) is 3.29. The smallest absolute Gasteiger partial charge is 0.266 e. The molecule has 0 bridgehead atoms. The maximum absolute atomic E-state index is 13.1. The predicted octanol–water partition coefficient (Wildman–Crippen LogP) is 4.67. The molecule has 0 fully saturated rings. The molecule has 0 aliphatic carbocycles. The lowest BCUT2D eigenvalue weighted by atomic mass is 10.1. The van der Waals surface area contributed by atoms with E-state index in [1.165, 1.54) is 0 Å². The van der Waals surface area contributed by atoms with Gasteiger partial charge < -0.3 is 0 Å². The minimum atomic E-state index is -0.0326. The van der Waals surface area contributed by atoms with Crippen LogP contribution in [0.5, 0.6) is 0 Å². The summed E-state index contributed by atoms with van der Waals surface area (Å²) in [5.41, 5.74) is 4.86. The van der Waals surface area contributed by atoms with Gasteiger partial charge in [-0.3, -0.25) is 9.36 Å². The van der Waals surface area contributed by atoms with Crippen molar-refractivity contribution < 1.29 is 0 Å². The van der Waals surface area contributed by atoms with Gasteiger partial charge in [-0.1, -0.05) is 42.1 Å². The summed E-state index contributed by atoms with van der Waals surface area (Å²) in [6, 6.07) is 13.6. The van der Waals surface area contributed by atoms with Crippen molar-refractivity contribution in [2.75, 3.05) is 5.75 Å². The fourth-order valence-corrected chi connectivity index (χ4v) is 3.56. The van der Waals surface area contributed by atoms with Crippen molar-refractivity contribution in [3.05, 3.63) is 76.1 Å². The van der Waals surface area contributed by atoms with Crippen LogP contribution in [0, 0.1) is 13.8 Å². The van der Waals surface area contributed by atoms with E-state index < -0.39 is 0 Å². The number of rotatable bonds is 4. The zero-order chi connectivity index (χ0) is 17.3. The SMILES string of the molecule is C=C(C)CSc1nc2ccccc2c(=O)n1-c1cc(C)cc(C)c1. The first kappa shape index (κ1) is 16.5. The van der Waals surface area contributed by atoms with E-state index in [1.54, 1.807) is 16.3 Å². The van der Waals surface area contributed by atoms with Crippen LogP contribution in [0.15, 0.2) is 64.6 Å². The Morgan fingerprint density at radius 2 is 1.83 bits per heavy atom. The second kappa shape index (κ2) is 6.65. The molecule has 0 atom stereocenters. The van der Waals surface area contributed by atoms with Crippen molar-refractivity contribution in [1.82, 2.24) is 9.55 Å². The highest BCUT2D eigenvalue weighted by molar-refractivity contribution is 7.99. The Kier molecular flexibility index (Phi) is 4.58. The van der Waals surface area contributed by atoms with Crippen LogP contribution in [-0.4, -0.2) is 15.3 Å². The van der Waals surface area contributed by atoms with Crippen molar-refractivity contribution in [2.45, 2.75) is 25.9 Å². The molecule has 3 nitrogen and oxygen atoms in total. The number of benzene rings is 2. The molecule has 1 aromatic heterocycles. The summed E-state index contributed by atoms with van der Waals surface area (Å²) < 4.78 is 1.72. The lowest BCUT2D eigenvalue weighted by Crippen LogP contribution is -2.22. The number of hydrogen-bond acceptors (Lipinski definition) is 3. The summed E-state index contributed by atoms with van der Waals surface area (Å²) in [4.78, 5) is 17.8. The Labute approximate surface area is 146 Å². The Morgan fingerprint density at radius 1 is 1.17 bits per heavy atom. The van der Waals surface area contributed by atoms with Crippen LogP contribution in [0.25, 0.3) is 16.6 Å². The third-order valence-corrected chi connectivity index (χ3v) is 4.83. The molecule has 0 amide bonds. The molecule has 0 aliphatic rings. The average molecular weight is 336 g/mol. The highest BCUT2D eigenvalue weighted by Crippen LogP contribution is 2.23. The van der Waals surface area contributed by atoms with Gasteiger partial charge in [0.2, 0.25) is 0 Å². The van der Waals surface area contributed by atoms with E-state index in [2.05, 4.69) is 12.6 Å². The van der Waals surface area contributed by atoms with Crippen LogP contribution < -0.4 is 5.56 Å². The number of aryl methyl sites for hydroxylation is 2. The molecule has 24 heavy (non-hydrogen) atoms. The topological polar surface area (TPSA) is 34.9 Å². The normalized spacial score (nSPS) is 11.0. The summed E-state index contributed by atoms with van der Waals surface area (Å²) in [5, 5.41) is 1.34. The van der Waals surface area contributed by atoms with Crippen molar-refractivity contribution in [3.63, 3.8) is 0 Å². The van der Waals surface area contributed by atoms with E-state index in [1.807, 2.05) is 57.2 Å². The summed E-state index contributed by atoms with van der Waals surface area (Å²) in [5.74, 6) is 0.732. The molecule has 1 heterocycles. The Bertz CT molecular complexity index is 968. The minimum absolute atomic E-state index is 0.0326. The molecule has 2 aromatic carbocycles. The van der Waals surface area contributed by atoms with Gasteiger partial charge in [-0.15, -0.1) is 0 Å². The molecular formula is C20H20N2OS. The summed E-state index contributed by atoms with van der Waals surface area (Å²) >= 11 is 1.54. The Hall–Kier alpha value is -2.33. The molecule has 0 N–H and O–H groups in total. The van der Waals surface area contributed by atoms with Crippen molar-refractivity contribution >= 4 is 22.7 Å². The fraction of sp³-hybridized carbons (Fsp3) is 0.200. The second-order valence-electron chi connectivity index (χ2n) is 6.14. The van der Waals surface area contributed by atoms with Gasteiger partial charge in [0.25, 0.3) is 5.56 Å². The molecule has 0 aliphatic heterocycles. The second-order valence-corrected chi connectivity index (χ2v) is 7.09. The van der Waals surface area contributed by atoms with Gasteiger partial charge in [-0.25, -0.2) is 4.98 Å². The zero-order valence-electron chi connectivity index (χ0n) is 14.2. The van der Waals surface area contributed by atoms with Crippen LogP contribution in [-0.2, 0) is 0 Å². The van der Waals surface area contributed by atoms with Crippen LogP contribution in [0.4, 0.5) is 0 Å². The molecule has 3 aromatic rings. The van der Waals surface area contributed by atoms with Gasteiger partial charge in [-0.2, -0.15) is 0 Å². The standard InChI is InChI=1S/C20H20N2OS/c1-13(2)12-24-20-21-18-8-6-5-7-17(18)19(23)22(20)16-10-14(3)9-15(4)11-16/h5-11H,1,12H2,2-4H3. The third-order valence-electron chi connectivity index (χ3n) is 3.66. The number of para-hydroxylation sites is 1. The first-order valence-corrected chi connectivity index (χ1v) is 8.82. The van der Waals surface area contributed by atoms with Crippen molar-refractivity contribution in [3.8, 4) is 5.69 Å². The van der Waals surface area contributed by atoms with Crippen molar-refractivity contribution in [1.29, 1.82) is 0 Å². The van der Waals surface area contributed by atoms with Gasteiger partial charge >= 0.3 is 0 Å². The van der Waals surface area contributed by atoms with Gasteiger partial charge in [-0.05, 0) is 56.2 Å². The lowest BCUT2D eigenvalue weighted by molar-refractivity contribution is 0.818. The molecule has 4 heteroatoms. The fourth-order valence-electron chi connectivity index (χ4n) is 2.70. The summed E-state index contributed by atoms with van der Waals surface area (Å²) in [7, 11) is 0. The van der Waals surface area contributed by atoms with E-state index in [0.29, 0.717) is 10.5 Å². The van der Waals surface area contributed by atoms with E-state index in [4.69, 9.17) is 4.98 Å². The average Bonchev–Trinajstić information content (AvgIpc) is 2.52. The Morgan fingerprint density at radius 3 is 2.50 bits per heavy atom. The summed E-state index contributed by atoms with van der Waals surface area (Å²) in [6.07, 6.45) is 0. The first-order chi connectivity index (χ1) is 11.5. The molecule has 0 saturated carbocycles. The largest absolute Gasteiger partial charge is 0.268 e. The molecule has 0 radical (unpaired) electrons. The van der Waals surface area contributed by atoms with Crippen LogP contribution >= 0.6 is 11.8 Å².